The molecule has 2 fully saturated rings. The van der Waals surface area contributed by atoms with Gasteiger partial charge in [0.15, 0.2) is 12.6 Å². The highest BCUT2D eigenvalue weighted by atomic mass is 16.7. The minimum Gasteiger partial charge on any atom is -0.457 e. The second kappa shape index (κ2) is 53.2. The Morgan fingerprint density at radius 3 is 1.27 bits per heavy atom. The largest absolute Gasteiger partial charge is 0.457 e. The van der Waals surface area contributed by atoms with Gasteiger partial charge in [0.2, 0.25) is 0 Å². The first-order valence-electron chi connectivity index (χ1n) is 32.9. The zero-order valence-corrected chi connectivity index (χ0v) is 51.0. The Balaban J connectivity index is 1.66. The fraction of sp³-hybridized carbons (Fsp3) is 0.836. The maximum absolute atomic E-state index is 13.1. The molecular formula is C67H120O14. The number of rotatable bonds is 54. The van der Waals surface area contributed by atoms with Crippen molar-refractivity contribution >= 4 is 5.97 Å². The van der Waals surface area contributed by atoms with Crippen molar-refractivity contribution < 1.29 is 69.0 Å². The van der Waals surface area contributed by atoms with Gasteiger partial charge in [0.1, 0.15) is 54.9 Å². The summed E-state index contributed by atoms with van der Waals surface area (Å²) in [4.78, 5) is 13.1. The molecule has 2 aliphatic rings. The summed E-state index contributed by atoms with van der Waals surface area (Å²) >= 11 is 0. The molecule has 14 nitrogen and oxygen atoms in total. The van der Waals surface area contributed by atoms with Gasteiger partial charge in [-0.2, -0.15) is 0 Å². The number of hydrogen-bond acceptors (Lipinski definition) is 14. The second-order valence-corrected chi connectivity index (χ2v) is 22.9. The van der Waals surface area contributed by atoms with Crippen molar-refractivity contribution in [2.24, 2.45) is 0 Å². The maximum atomic E-state index is 13.1. The first kappa shape index (κ1) is 74.8. The Labute approximate surface area is 492 Å². The van der Waals surface area contributed by atoms with Crippen LogP contribution in [0.4, 0.5) is 0 Å². The smallest absolute Gasteiger partial charge is 0.306 e. The molecule has 81 heavy (non-hydrogen) atoms. The first-order chi connectivity index (χ1) is 39.6. The summed E-state index contributed by atoms with van der Waals surface area (Å²) in [5.74, 6) is -0.376. The highest BCUT2D eigenvalue weighted by Gasteiger charge is 2.47. The Morgan fingerprint density at radius 2 is 0.802 bits per heavy atom. The molecule has 0 aliphatic carbocycles. The Hall–Kier alpha value is -2.31. The minimum absolute atomic E-state index is 0.0588. The molecule has 472 valence electrons. The van der Waals surface area contributed by atoms with Crippen molar-refractivity contribution in [1.82, 2.24) is 0 Å². The molecule has 2 heterocycles. The van der Waals surface area contributed by atoms with E-state index in [2.05, 4.69) is 74.6 Å². The third kappa shape index (κ3) is 39.1. The van der Waals surface area contributed by atoms with Gasteiger partial charge < -0.3 is 64.2 Å². The molecule has 0 aromatic heterocycles. The van der Waals surface area contributed by atoms with E-state index in [1.807, 2.05) is 0 Å². The molecule has 0 saturated carbocycles. The van der Waals surface area contributed by atoms with Crippen LogP contribution in [0.1, 0.15) is 258 Å². The zero-order valence-electron chi connectivity index (χ0n) is 51.0. The number of esters is 1. The molecule has 0 bridgehead atoms. The third-order valence-corrected chi connectivity index (χ3v) is 15.5. The van der Waals surface area contributed by atoms with Crippen LogP contribution < -0.4 is 0 Å². The highest BCUT2D eigenvalue weighted by molar-refractivity contribution is 5.69. The van der Waals surface area contributed by atoms with Gasteiger partial charge in [0.25, 0.3) is 0 Å². The summed E-state index contributed by atoms with van der Waals surface area (Å²) in [6.07, 6.45) is 51.4. The molecule has 2 aliphatic heterocycles. The van der Waals surface area contributed by atoms with Crippen LogP contribution in [0.5, 0.6) is 0 Å². The highest BCUT2D eigenvalue weighted by Crippen LogP contribution is 2.27. The zero-order chi connectivity index (χ0) is 58.6. The molecule has 7 N–H and O–H groups in total. The van der Waals surface area contributed by atoms with Gasteiger partial charge in [-0.25, -0.2) is 0 Å². The van der Waals surface area contributed by atoms with E-state index in [0.717, 1.165) is 70.6 Å². The van der Waals surface area contributed by atoms with Crippen LogP contribution in [0, 0.1) is 0 Å². The van der Waals surface area contributed by atoms with Gasteiger partial charge in [-0.05, 0) is 77.0 Å². The number of hydrogen-bond donors (Lipinski definition) is 7. The predicted molar refractivity (Wildman–Crippen MR) is 326 cm³/mol. The van der Waals surface area contributed by atoms with E-state index in [1.54, 1.807) is 0 Å². The lowest BCUT2D eigenvalue weighted by molar-refractivity contribution is -0.332. The fourth-order valence-corrected chi connectivity index (χ4v) is 10.3. The first-order valence-corrected chi connectivity index (χ1v) is 32.9. The number of unbranched alkanes of at least 4 members (excludes halogenated alkanes) is 30. The van der Waals surface area contributed by atoms with Gasteiger partial charge in [-0.15, -0.1) is 0 Å². The Kier molecular flexibility index (Phi) is 49.1. The van der Waals surface area contributed by atoms with Crippen LogP contribution in [-0.4, -0.2) is 142 Å². The van der Waals surface area contributed by atoms with Crippen LogP contribution in [-0.2, 0) is 33.2 Å². The average molecular weight is 1150 g/mol. The van der Waals surface area contributed by atoms with Gasteiger partial charge in [-0.3, -0.25) is 4.79 Å². The Morgan fingerprint density at radius 1 is 0.420 bits per heavy atom. The van der Waals surface area contributed by atoms with E-state index >= 15 is 0 Å². The molecule has 14 heteroatoms. The Bertz CT molecular complexity index is 1570. The van der Waals surface area contributed by atoms with Gasteiger partial charge in [0.05, 0.1) is 26.4 Å². The second-order valence-electron chi connectivity index (χ2n) is 22.9. The summed E-state index contributed by atoms with van der Waals surface area (Å²) in [5, 5.41) is 72.5. The quantitative estimate of drug-likeness (QED) is 0.0172. The molecule has 11 unspecified atom stereocenters. The normalized spacial score (nSPS) is 24.1. The summed E-state index contributed by atoms with van der Waals surface area (Å²) in [5.41, 5.74) is 0. The van der Waals surface area contributed by atoms with E-state index in [-0.39, 0.29) is 25.6 Å². The molecule has 11 atom stereocenters. The van der Waals surface area contributed by atoms with Crippen LogP contribution in [0.2, 0.25) is 0 Å². The van der Waals surface area contributed by atoms with E-state index in [4.69, 9.17) is 28.4 Å². The molecule has 0 amide bonds. The maximum Gasteiger partial charge on any atom is 0.306 e. The lowest BCUT2D eigenvalue weighted by Crippen LogP contribution is -2.61. The summed E-state index contributed by atoms with van der Waals surface area (Å²) in [7, 11) is 0. The monoisotopic (exact) mass is 1150 g/mol. The number of carbonyl (C=O) groups excluding carboxylic acids is 1. The summed E-state index contributed by atoms with van der Waals surface area (Å²) < 4.78 is 34.5. The van der Waals surface area contributed by atoms with Crippen molar-refractivity contribution in [3.8, 4) is 0 Å². The van der Waals surface area contributed by atoms with Crippen molar-refractivity contribution in [2.45, 2.75) is 325 Å². The molecule has 0 spiro atoms. The lowest BCUT2D eigenvalue weighted by atomic mass is 9.98. The van der Waals surface area contributed by atoms with E-state index < -0.39 is 80.7 Å². The van der Waals surface area contributed by atoms with E-state index in [9.17, 15) is 40.5 Å². The van der Waals surface area contributed by atoms with Gasteiger partial charge >= 0.3 is 5.97 Å². The fourth-order valence-electron chi connectivity index (χ4n) is 10.3. The van der Waals surface area contributed by atoms with Crippen molar-refractivity contribution in [2.75, 3.05) is 33.0 Å². The molecular weight excluding hydrogens is 1030 g/mol. The average Bonchev–Trinajstić information content (AvgIpc) is 3.46. The van der Waals surface area contributed by atoms with Gasteiger partial charge in [0, 0.05) is 13.0 Å². The van der Waals surface area contributed by atoms with Crippen LogP contribution in [0.3, 0.4) is 0 Å². The molecule has 2 saturated heterocycles. The molecule has 0 aromatic rings. The number of aliphatic hydroxyl groups is 7. The predicted octanol–water partition coefficient (Wildman–Crippen LogP) is 13.2. The van der Waals surface area contributed by atoms with Gasteiger partial charge in [-0.1, -0.05) is 235 Å². The van der Waals surface area contributed by atoms with Crippen molar-refractivity contribution in [3.05, 3.63) is 60.8 Å². The number of carbonyl (C=O) groups is 1. The van der Waals surface area contributed by atoms with Crippen molar-refractivity contribution in [1.29, 1.82) is 0 Å². The third-order valence-electron chi connectivity index (χ3n) is 15.5. The standard InChI is InChI=1S/C67H120O14/c1-3-5-7-9-11-13-15-17-19-21-23-25-27-29-31-33-35-37-39-41-43-45-47-49-51-76-53-56(54-77-66-65(75)63(73)61(71)58(81-66)55-78-67-64(74)62(72)60(70)57(52-68)80-67)79-59(69)50-48-46-44-42-40-38-36-34-32-30-28-26-24-22-20-18-16-14-12-10-8-6-4-2/h5,7,11,13,17,19,22-25,56-58,60-68,70-75H,3-4,6,8-10,12,14-16,18,20-21,26-55H2,1-2H3/b7-5-,13-11-,19-17-,24-22-,25-23-. The number of aliphatic hydroxyl groups excluding tert-OH is 7. The SMILES string of the molecule is CC/C=C\C/C=C\C/C=C\C/C=C\CCCCCCCCCCCCCOCC(COC1OC(COC2OC(CO)C(O)C(O)C2O)C(O)C(O)C1O)OC(=O)CCCCCCCCCCCCC/C=C\CCCCCCCCCC. The topological polar surface area (TPSA) is 214 Å². The van der Waals surface area contributed by atoms with Crippen LogP contribution >= 0.6 is 0 Å². The van der Waals surface area contributed by atoms with E-state index in [1.165, 1.54) is 161 Å². The van der Waals surface area contributed by atoms with E-state index in [0.29, 0.717) is 13.0 Å². The van der Waals surface area contributed by atoms with Crippen LogP contribution in [0.15, 0.2) is 60.8 Å². The number of allylic oxidation sites excluding steroid dienone is 10. The minimum atomic E-state index is -1.71. The molecule has 0 radical (unpaired) electrons. The van der Waals surface area contributed by atoms with Crippen LogP contribution in [0.25, 0.3) is 0 Å². The molecule has 2 rings (SSSR count). The number of ether oxygens (including phenoxy) is 6. The summed E-state index contributed by atoms with van der Waals surface area (Å²) in [6.45, 7) is 3.61. The van der Waals surface area contributed by atoms with Crippen molar-refractivity contribution in [3.63, 3.8) is 0 Å². The summed E-state index contributed by atoms with van der Waals surface area (Å²) in [6, 6.07) is 0. The molecule has 0 aromatic carbocycles. The lowest BCUT2D eigenvalue weighted by Gasteiger charge is -2.42.